The molecule has 146 valence electrons. The van der Waals surface area contributed by atoms with Crippen LogP contribution in [0.1, 0.15) is 6.92 Å². The molecule has 3 nitrogen and oxygen atoms in total. The lowest BCUT2D eigenvalue weighted by molar-refractivity contribution is 0.393. The Kier molecular flexibility index (Phi) is 3.72. The number of rotatable bonds is 2. The van der Waals surface area contributed by atoms with E-state index < -0.39 is 0 Å². The normalized spacial score (nSPS) is 15.7. The number of pyridine rings is 1. The molecule has 6 rings (SSSR count). The van der Waals surface area contributed by atoms with Crippen molar-refractivity contribution in [1.82, 2.24) is 9.13 Å². The summed E-state index contributed by atoms with van der Waals surface area (Å²) in [6.45, 7) is 3.91. The average Bonchev–Trinajstić information content (AvgIpc) is 3.11. The van der Waals surface area contributed by atoms with Gasteiger partial charge in [-0.25, -0.2) is 0 Å². The van der Waals surface area contributed by atoms with E-state index in [0.29, 0.717) is 5.92 Å². The number of nitrogens with zero attached hydrogens (tertiary/aromatic N) is 2. The topological polar surface area (TPSA) is 26.9 Å². The molecule has 0 saturated heterocycles. The van der Waals surface area contributed by atoms with E-state index in [2.05, 4.69) is 60.0 Å². The molecule has 1 unspecified atom stereocenters. The van der Waals surface area contributed by atoms with Gasteiger partial charge in [-0.3, -0.25) is 9.36 Å². The Bertz CT molecular complexity index is 1460. The molecular formula is C27H22N2O. The van der Waals surface area contributed by atoms with Crippen molar-refractivity contribution in [1.29, 1.82) is 0 Å². The number of benzene rings is 3. The molecule has 2 aromatic heterocycles. The zero-order valence-electron chi connectivity index (χ0n) is 16.9. The standard InChI is InChI=1S/C27H22N2O/c1-18-16-28-22-15-9-8-14-21(22)25-23(19-10-4-2-5-11-19)24(20-12-6-3-7-13-20)27(30)29(17-18)26(25)28/h2-15,18H,16-17H2,1H3. The summed E-state index contributed by atoms with van der Waals surface area (Å²) in [5.41, 5.74) is 6.26. The first-order chi connectivity index (χ1) is 14.7. The minimum atomic E-state index is 0.100. The number of hydrogen-bond donors (Lipinski definition) is 0. The second-order valence-corrected chi connectivity index (χ2v) is 8.33. The Morgan fingerprint density at radius 1 is 0.700 bits per heavy atom. The maximum absolute atomic E-state index is 14.0. The Hall–Kier alpha value is -3.59. The molecular weight excluding hydrogens is 368 g/mol. The number of aromatic nitrogens is 2. The summed E-state index contributed by atoms with van der Waals surface area (Å²) >= 11 is 0. The highest BCUT2D eigenvalue weighted by atomic mass is 16.1. The van der Waals surface area contributed by atoms with Gasteiger partial charge in [0.05, 0.1) is 11.1 Å². The van der Waals surface area contributed by atoms with Crippen LogP contribution >= 0.6 is 0 Å². The minimum absolute atomic E-state index is 0.100. The van der Waals surface area contributed by atoms with E-state index in [1.165, 1.54) is 16.3 Å². The highest BCUT2D eigenvalue weighted by Gasteiger charge is 2.28. The molecule has 1 atom stereocenters. The maximum atomic E-state index is 14.0. The molecule has 0 saturated carbocycles. The van der Waals surface area contributed by atoms with Crippen LogP contribution in [0.4, 0.5) is 0 Å². The zero-order chi connectivity index (χ0) is 20.2. The molecule has 0 radical (unpaired) electrons. The smallest absolute Gasteiger partial charge is 0.260 e. The van der Waals surface area contributed by atoms with E-state index in [1.54, 1.807) is 0 Å². The van der Waals surface area contributed by atoms with Crippen LogP contribution in [0.5, 0.6) is 0 Å². The van der Waals surface area contributed by atoms with Crippen LogP contribution in [0.25, 0.3) is 44.2 Å². The van der Waals surface area contributed by atoms with Crippen LogP contribution in [0.2, 0.25) is 0 Å². The summed E-state index contributed by atoms with van der Waals surface area (Å²) in [6.07, 6.45) is 0. The summed E-state index contributed by atoms with van der Waals surface area (Å²) in [5.74, 6) is 0.403. The van der Waals surface area contributed by atoms with Crippen LogP contribution in [0.15, 0.2) is 89.7 Å². The highest BCUT2D eigenvalue weighted by molar-refractivity contribution is 6.16. The Labute approximate surface area is 174 Å². The second-order valence-electron chi connectivity index (χ2n) is 8.33. The second kappa shape index (κ2) is 6.46. The van der Waals surface area contributed by atoms with E-state index in [4.69, 9.17) is 0 Å². The summed E-state index contributed by atoms with van der Waals surface area (Å²) in [6, 6.07) is 29.0. The van der Waals surface area contributed by atoms with Gasteiger partial charge in [-0.1, -0.05) is 85.8 Å². The first-order valence-corrected chi connectivity index (χ1v) is 10.5. The largest absolute Gasteiger partial charge is 0.326 e. The molecule has 3 aromatic carbocycles. The predicted molar refractivity (Wildman–Crippen MR) is 124 cm³/mol. The summed E-state index contributed by atoms with van der Waals surface area (Å²) in [4.78, 5) is 14.0. The van der Waals surface area contributed by atoms with Crippen molar-refractivity contribution in [2.75, 3.05) is 0 Å². The molecule has 1 aliphatic heterocycles. The quantitative estimate of drug-likeness (QED) is 0.366. The van der Waals surface area contributed by atoms with Gasteiger partial charge in [0.25, 0.3) is 5.56 Å². The lowest BCUT2D eigenvalue weighted by Gasteiger charge is -2.26. The fourth-order valence-electron chi connectivity index (χ4n) is 5.08. The monoisotopic (exact) mass is 390 g/mol. The molecule has 0 fully saturated rings. The molecule has 0 spiro atoms. The van der Waals surface area contributed by atoms with Crippen LogP contribution in [0.3, 0.4) is 0 Å². The minimum Gasteiger partial charge on any atom is -0.326 e. The van der Waals surface area contributed by atoms with Crippen molar-refractivity contribution in [2.45, 2.75) is 20.0 Å². The summed E-state index contributed by atoms with van der Waals surface area (Å²) in [7, 11) is 0. The van der Waals surface area contributed by atoms with Crippen molar-refractivity contribution >= 4 is 21.9 Å². The fourth-order valence-corrected chi connectivity index (χ4v) is 5.08. The SMILES string of the molecule is CC1Cn2c(=O)c(-c3ccccc3)c(-c3ccccc3)c3c4ccccc4n(c32)C1. The molecule has 1 aliphatic rings. The molecule has 0 N–H and O–H groups in total. The number of para-hydroxylation sites is 1. The summed E-state index contributed by atoms with van der Waals surface area (Å²) in [5, 5.41) is 2.40. The third-order valence-electron chi connectivity index (χ3n) is 6.27. The maximum Gasteiger partial charge on any atom is 0.260 e. The molecule has 30 heavy (non-hydrogen) atoms. The molecule has 0 bridgehead atoms. The molecule has 3 heteroatoms. The van der Waals surface area contributed by atoms with Gasteiger partial charge in [0, 0.05) is 29.4 Å². The van der Waals surface area contributed by atoms with E-state index in [-0.39, 0.29) is 5.56 Å². The van der Waals surface area contributed by atoms with Gasteiger partial charge >= 0.3 is 0 Å². The zero-order valence-corrected chi connectivity index (χ0v) is 16.9. The van der Waals surface area contributed by atoms with Gasteiger partial charge in [0.15, 0.2) is 0 Å². The number of fused-ring (bicyclic) bond motifs is 3. The first kappa shape index (κ1) is 17.3. The lowest BCUT2D eigenvalue weighted by Crippen LogP contribution is -2.32. The van der Waals surface area contributed by atoms with E-state index in [9.17, 15) is 4.79 Å². The molecule has 3 heterocycles. The highest BCUT2D eigenvalue weighted by Crippen LogP contribution is 2.42. The van der Waals surface area contributed by atoms with Crippen molar-refractivity contribution in [2.24, 2.45) is 5.92 Å². The fraction of sp³-hybridized carbons (Fsp3) is 0.148. The summed E-state index contributed by atoms with van der Waals surface area (Å²) < 4.78 is 4.36. The van der Waals surface area contributed by atoms with Gasteiger partial charge in [-0.2, -0.15) is 0 Å². The average molecular weight is 390 g/mol. The number of hydrogen-bond acceptors (Lipinski definition) is 1. The lowest BCUT2D eigenvalue weighted by atomic mass is 9.92. The van der Waals surface area contributed by atoms with Crippen LogP contribution in [-0.2, 0) is 13.1 Å². The predicted octanol–water partition coefficient (Wildman–Crippen LogP) is 5.94. The van der Waals surface area contributed by atoms with E-state index in [1.807, 2.05) is 41.0 Å². The molecule has 0 aliphatic carbocycles. The van der Waals surface area contributed by atoms with Crippen LogP contribution in [0, 0.1) is 5.92 Å². The first-order valence-electron chi connectivity index (χ1n) is 10.5. The third-order valence-corrected chi connectivity index (χ3v) is 6.27. The van der Waals surface area contributed by atoms with Gasteiger partial charge in [-0.15, -0.1) is 0 Å². The third kappa shape index (κ3) is 2.35. The van der Waals surface area contributed by atoms with Crippen LogP contribution < -0.4 is 5.56 Å². The Balaban J connectivity index is 1.91. The van der Waals surface area contributed by atoms with Crippen molar-refractivity contribution < 1.29 is 0 Å². The van der Waals surface area contributed by atoms with Gasteiger partial charge in [0.1, 0.15) is 5.65 Å². The van der Waals surface area contributed by atoms with Crippen molar-refractivity contribution in [3.8, 4) is 22.3 Å². The Morgan fingerprint density at radius 3 is 1.97 bits per heavy atom. The van der Waals surface area contributed by atoms with Gasteiger partial charge in [0.2, 0.25) is 0 Å². The van der Waals surface area contributed by atoms with E-state index >= 15 is 0 Å². The molecule has 5 aromatic rings. The van der Waals surface area contributed by atoms with Gasteiger partial charge < -0.3 is 4.57 Å². The molecule has 0 amide bonds. The van der Waals surface area contributed by atoms with Crippen molar-refractivity contribution in [3.05, 3.63) is 95.3 Å². The van der Waals surface area contributed by atoms with E-state index in [0.717, 1.165) is 41.0 Å². The van der Waals surface area contributed by atoms with Crippen LogP contribution in [-0.4, -0.2) is 9.13 Å². The Morgan fingerprint density at radius 2 is 1.27 bits per heavy atom. The van der Waals surface area contributed by atoms with Crippen molar-refractivity contribution in [3.63, 3.8) is 0 Å². The van der Waals surface area contributed by atoms with Gasteiger partial charge in [-0.05, 0) is 23.1 Å².